The van der Waals surface area contributed by atoms with Crippen molar-refractivity contribution in [3.8, 4) is 0 Å². The minimum atomic E-state index is -0.853. The maximum absolute atomic E-state index is 11.2. The summed E-state index contributed by atoms with van der Waals surface area (Å²) in [5.41, 5.74) is 0. The van der Waals surface area contributed by atoms with Crippen LogP contribution < -0.4 is 5.32 Å². The number of aliphatic carboxylic acids is 1. The number of carboxylic acids is 1. The summed E-state index contributed by atoms with van der Waals surface area (Å²) in [6.07, 6.45) is 1.73. The molecule has 0 radical (unpaired) electrons. The molecule has 0 aliphatic carbocycles. The largest absolute Gasteiger partial charge is 0.480 e. The second-order valence-electron chi connectivity index (χ2n) is 3.67. The van der Waals surface area contributed by atoms with Crippen molar-refractivity contribution in [3.05, 3.63) is 0 Å². The van der Waals surface area contributed by atoms with Crippen molar-refractivity contribution in [1.82, 2.24) is 10.2 Å². The fraction of sp³-hybridized carbons (Fsp3) is 0.800. The standard InChI is InChI=1S/C10H20N2O3/c1-4-5-8(10(14)15)11-7-6-9(13)12(2)3/h8,11H,4-7H2,1-3H3,(H,14,15). The lowest BCUT2D eigenvalue weighted by Crippen LogP contribution is -2.38. The molecule has 0 spiro atoms. The van der Waals surface area contributed by atoms with Gasteiger partial charge in [-0.05, 0) is 6.42 Å². The molecule has 0 aromatic heterocycles. The molecule has 0 heterocycles. The van der Waals surface area contributed by atoms with Crippen LogP contribution in [0.25, 0.3) is 0 Å². The van der Waals surface area contributed by atoms with Crippen molar-refractivity contribution in [3.63, 3.8) is 0 Å². The molecule has 0 rings (SSSR count). The van der Waals surface area contributed by atoms with E-state index >= 15 is 0 Å². The first-order chi connectivity index (χ1) is 6.99. The minimum absolute atomic E-state index is 0.00290. The number of hydrogen-bond acceptors (Lipinski definition) is 3. The number of carbonyl (C=O) groups excluding carboxylic acids is 1. The molecule has 0 aromatic rings. The quantitative estimate of drug-likeness (QED) is 0.642. The zero-order valence-corrected chi connectivity index (χ0v) is 9.62. The third-order valence-corrected chi connectivity index (χ3v) is 2.10. The van der Waals surface area contributed by atoms with Gasteiger partial charge in [-0.3, -0.25) is 9.59 Å². The molecule has 88 valence electrons. The van der Waals surface area contributed by atoms with E-state index in [1.54, 1.807) is 14.1 Å². The van der Waals surface area contributed by atoms with Gasteiger partial charge in [-0.25, -0.2) is 0 Å². The SMILES string of the molecule is CCCC(NCCC(=O)N(C)C)C(=O)O. The summed E-state index contributed by atoms with van der Waals surface area (Å²) < 4.78 is 0. The Morgan fingerprint density at radius 1 is 1.40 bits per heavy atom. The molecular weight excluding hydrogens is 196 g/mol. The van der Waals surface area contributed by atoms with Crippen molar-refractivity contribution in [2.75, 3.05) is 20.6 Å². The first kappa shape index (κ1) is 13.9. The summed E-state index contributed by atoms with van der Waals surface area (Å²) in [4.78, 5) is 23.4. The van der Waals surface area contributed by atoms with Crippen LogP contribution in [0.15, 0.2) is 0 Å². The fourth-order valence-corrected chi connectivity index (χ4v) is 1.18. The summed E-state index contributed by atoms with van der Waals surface area (Å²) in [5, 5.41) is 11.7. The van der Waals surface area contributed by atoms with E-state index in [1.165, 1.54) is 4.90 Å². The second-order valence-corrected chi connectivity index (χ2v) is 3.67. The third kappa shape index (κ3) is 6.06. The molecule has 1 unspecified atom stereocenters. The molecule has 1 atom stereocenters. The molecule has 0 aromatic carbocycles. The summed E-state index contributed by atoms with van der Waals surface area (Å²) in [7, 11) is 3.37. The van der Waals surface area contributed by atoms with Crippen LogP contribution in [-0.2, 0) is 9.59 Å². The summed E-state index contributed by atoms with van der Waals surface area (Å²) >= 11 is 0. The minimum Gasteiger partial charge on any atom is -0.480 e. The van der Waals surface area contributed by atoms with Crippen LogP contribution in [0.2, 0.25) is 0 Å². The van der Waals surface area contributed by atoms with Gasteiger partial charge in [-0.1, -0.05) is 13.3 Å². The average Bonchev–Trinajstić information content (AvgIpc) is 2.15. The Bertz CT molecular complexity index is 217. The molecule has 2 N–H and O–H groups in total. The highest BCUT2D eigenvalue weighted by atomic mass is 16.4. The van der Waals surface area contributed by atoms with Crippen LogP contribution in [0.4, 0.5) is 0 Å². The maximum atomic E-state index is 11.2. The van der Waals surface area contributed by atoms with Gasteiger partial charge in [0.2, 0.25) is 5.91 Å². The lowest BCUT2D eigenvalue weighted by atomic mass is 10.1. The Hall–Kier alpha value is -1.10. The molecule has 0 fully saturated rings. The topological polar surface area (TPSA) is 69.6 Å². The molecule has 1 amide bonds. The van der Waals surface area contributed by atoms with Crippen LogP contribution in [0, 0.1) is 0 Å². The predicted molar refractivity (Wildman–Crippen MR) is 57.6 cm³/mol. The van der Waals surface area contributed by atoms with Crippen LogP contribution in [-0.4, -0.2) is 48.6 Å². The van der Waals surface area contributed by atoms with Gasteiger partial charge in [0.05, 0.1) is 0 Å². The van der Waals surface area contributed by atoms with E-state index in [0.717, 1.165) is 6.42 Å². The summed E-state index contributed by atoms with van der Waals surface area (Å²) in [5.74, 6) is -0.850. The fourth-order valence-electron chi connectivity index (χ4n) is 1.18. The van der Waals surface area contributed by atoms with Gasteiger partial charge in [0.1, 0.15) is 6.04 Å². The van der Waals surface area contributed by atoms with Gasteiger partial charge in [0.15, 0.2) is 0 Å². The lowest BCUT2D eigenvalue weighted by molar-refractivity contribution is -0.140. The first-order valence-electron chi connectivity index (χ1n) is 5.15. The van der Waals surface area contributed by atoms with E-state index in [-0.39, 0.29) is 5.91 Å². The Morgan fingerprint density at radius 3 is 2.40 bits per heavy atom. The first-order valence-corrected chi connectivity index (χ1v) is 5.15. The molecular formula is C10H20N2O3. The van der Waals surface area contributed by atoms with Crippen molar-refractivity contribution < 1.29 is 14.7 Å². The summed E-state index contributed by atoms with van der Waals surface area (Å²) in [6.45, 7) is 2.34. The van der Waals surface area contributed by atoms with Gasteiger partial charge < -0.3 is 15.3 Å². The molecule has 5 nitrogen and oxygen atoms in total. The number of amides is 1. The summed E-state index contributed by atoms with van der Waals surface area (Å²) in [6, 6.07) is -0.537. The smallest absolute Gasteiger partial charge is 0.320 e. The monoisotopic (exact) mass is 216 g/mol. The van der Waals surface area contributed by atoms with E-state index in [1.807, 2.05) is 6.92 Å². The predicted octanol–water partition coefficient (Wildman–Crippen LogP) is 0.308. The second kappa shape index (κ2) is 7.23. The van der Waals surface area contributed by atoms with Crippen molar-refractivity contribution in [1.29, 1.82) is 0 Å². The van der Waals surface area contributed by atoms with Crippen LogP contribution in [0.5, 0.6) is 0 Å². The Morgan fingerprint density at radius 2 is 2.00 bits per heavy atom. The number of nitrogens with zero attached hydrogens (tertiary/aromatic N) is 1. The molecule has 0 aliphatic rings. The normalized spacial score (nSPS) is 12.2. The molecule has 5 heteroatoms. The van der Waals surface area contributed by atoms with Gasteiger partial charge in [0.25, 0.3) is 0 Å². The highest BCUT2D eigenvalue weighted by Gasteiger charge is 2.15. The third-order valence-electron chi connectivity index (χ3n) is 2.10. The Kier molecular flexibility index (Phi) is 6.70. The van der Waals surface area contributed by atoms with E-state index in [4.69, 9.17) is 5.11 Å². The van der Waals surface area contributed by atoms with Gasteiger partial charge >= 0.3 is 5.97 Å². The molecule has 0 saturated heterocycles. The lowest BCUT2D eigenvalue weighted by Gasteiger charge is -2.14. The van der Waals surface area contributed by atoms with Crippen LogP contribution in [0.1, 0.15) is 26.2 Å². The zero-order valence-electron chi connectivity index (χ0n) is 9.62. The Balaban J connectivity index is 3.81. The van der Waals surface area contributed by atoms with E-state index in [2.05, 4.69) is 5.32 Å². The molecule has 0 aliphatic heterocycles. The molecule has 0 bridgehead atoms. The van der Waals surface area contributed by atoms with Crippen molar-refractivity contribution in [2.45, 2.75) is 32.2 Å². The molecule has 15 heavy (non-hydrogen) atoms. The number of carbonyl (C=O) groups is 2. The number of nitrogens with one attached hydrogen (secondary N) is 1. The van der Waals surface area contributed by atoms with Crippen LogP contribution in [0.3, 0.4) is 0 Å². The maximum Gasteiger partial charge on any atom is 0.320 e. The number of carboxylic acid groups (broad SMARTS) is 1. The van der Waals surface area contributed by atoms with Crippen molar-refractivity contribution >= 4 is 11.9 Å². The highest BCUT2D eigenvalue weighted by molar-refractivity contribution is 5.76. The van der Waals surface area contributed by atoms with Crippen LogP contribution >= 0.6 is 0 Å². The zero-order chi connectivity index (χ0) is 11.8. The number of hydrogen-bond donors (Lipinski definition) is 2. The van der Waals surface area contributed by atoms with E-state index in [0.29, 0.717) is 19.4 Å². The van der Waals surface area contributed by atoms with E-state index in [9.17, 15) is 9.59 Å². The van der Waals surface area contributed by atoms with Gasteiger partial charge in [-0.15, -0.1) is 0 Å². The molecule has 0 saturated carbocycles. The highest BCUT2D eigenvalue weighted by Crippen LogP contribution is 1.97. The van der Waals surface area contributed by atoms with Crippen molar-refractivity contribution in [2.24, 2.45) is 0 Å². The van der Waals surface area contributed by atoms with Gasteiger partial charge in [-0.2, -0.15) is 0 Å². The van der Waals surface area contributed by atoms with Gasteiger partial charge in [0, 0.05) is 27.1 Å². The Labute approximate surface area is 90.5 Å². The number of rotatable bonds is 7. The van der Waals surface area contributed by atoms with E-state index < -0.39 is 12.0 Å². The average molecular weight is 216 g/mol.